The lowest BCUT2D eigenvalue weighted by Gasteiger charge is -2.35. The normalized spacial score (nSPS) is 23.0. The molecule has 0 radical (unpaired) electrons. The quantitative estimate of drug-likeness (QED) is 0.674. The van der Waals surface area contributed by atoms with Gasteiger partial charge in [-0.15, -0.1) is 0 Å². The highest BCUT2D eigenvalue weighted by Crippen LogP contribution is 2.20. The maximum Gasteiger partial charge on any atom is 0.219 e. The Kier molecular flexibility index (Phi) is 3.67. The van der Waals surface area contributed by atoms with Gasteiger partial charge in [-0.25, -0.2) is 0 Å². The summed E-state index contributed by atoms with van der Waals surface area (Å²) in [5, 5.41) is 0. The van der Waals surface area contributed by atoms with Crippen molar-refractivity contribution in [3.05, 3.63) is 0 Å². The van der Waals surface area contributed by atoms with E-state index in [9.17, 15) is 9.59 Å². The predicted octanol–water partition coefficient (Wildman–Crippen LogP) is 1.61. The summed E-state index contributed by atoms with van der Waals surface area (Å²) in [5.74, 6) is 0.934. The lowest BCUT2D eigenvalue weighted by atomic mass is 9.93. The summed E-state index contributed by atoms with van der Waals surface area (Å²) in [7, 11) is 0. The van der Waals surface area contributed by atoms with Gasteiger partial charge in [0, 0.05) is 32.4 Å². The van der Waals surface area contributed by atoms with Gasteiger partial charge in [-0.2, -0.15) is 0 Å². The maximum atomic E-state index is 11.3. The second-order valence-electron chi connectivity index (χ2n) is 4.49. The van der Waals surface area contributed by atoms with Crippen molar-refractivity contribution < 1.29 is 9.59 Å². The number of amides is 1. The van der Waals surface area contributed by atoms with Gasteiger partial charge in [-0.05, 0) is 12.3 Å². The largest absolute Gasteiger partial charge is 0.339 e. The van der Waals surface area contributed by atoms with Crippen LogP contribution in [0.2, 0.25) is 0 Å². The molecular weight excluding hydrogens is 178 g/mol. The first-order valence-corrected chi connectivity index (χ1v) is 5.29. The average Bonchev–Trinajstić information content (AvgIpc) is 2.01. The lowest BCUT2D eigenvalue weighted by Crippen LogP contribution is -2.45. The number of likely N-dealkylation sites (tertiary alicyclic amines) is 1. The zero-order valence-corrected chi connectivity index (χ0v) is 9.25. The Morgan fingerprint density at radius 1 is 1.57 bits per heavy atom. The number of hydrogen-bond acceptors (Lipinski definition) is 2. The summed E-state index contributed by atoms with van der Waals surface area (Å²) in [5.41, 5.74) is 0. The molecule has 1 fully saturated rings. The third-order valence-electron chi connectivity index (χ3n) is 2.68. The van der Waals surface area contributed by atoms with Crippen molar-refractivity contribution in [3.63, 3.8) is 0 Å². The molecule has 1 aliphatic heterocycles. The first-order valence-electron chi connectivity index (χ1n) is 5.29. The fourth-order valence-corrected chi connectivity index (χ4v) is 2.07. The van der Waals surface area contributed by atoms with Crippen molar-refractivity contribution in [1.29, 1.82) is 0 Å². The van der Waals surface area contributed by atoms with Crippen LogP contribution in [-0.2, 0) is 9.59 Å². The van der Waals surface area contributed by atoms with E-state index in [2.05, 4.69) is 13.8 Å². The van der Waals surface area contributed by atoms with Gasteiger partial charge in [-0.1, -0.05) is 13.8 Å². The summed E-state index contributed by atoms with van der Waals surface area (Å²) in [6.45, 7) is 6.45. The molecule has 0 aromatic carbocycles. The Bertz CT molecular complexity index is 235. The smallest absolute Gasteiger partial charge is 0.219 e. The van der Waals surface area contributed by atoms with Crippen LogP contribution in [0, 0.1) is 5.92 Å². The third-order valence-corrected chi connectivity index (χ3v) is 2.68. The summed E-state index contributed by atoms with van der Waals surface area (Å²) < 4.78 is 0. The molecule has 80 valence electrons. The molecule has 1 atom stereocenters. The van der Waals surface area contributed by atoms with Crippen LogP contribution in [0.3, 0.4) is 0 Å². The number of carbonyl (C=O) groups excluding carboxylic acids is 2. The SMILES string of the molecule is CC(=O)N1CCC(=O)CC1CC(C)C. The highest BCUT2D eigenvalue weighted by atomic mass is 16.2. The summed E-state index contributed by atoms with van der Waals surface area (Å²) >= 11 is 0. The van der Waals surface area contributed by atoms with Crippen LogP contribution in [0.1, 0.15) is 40.0 Å². The minimum Gasteiger partial charge on any atom is -0.339 e. The Morgan fingerprint density at radius 2 is 2.21 bits per heavy atom. The van der Waals surface area contributed by atoms with Gasteiger partial charge in [-0.3, -0.25) is 9.59 Å². The minimum atomic E-state index is 0.100. The van der Waals surface area contributed by atoms with E-state index in [1.807, 2.05) is 4.90 Å². The van der Waals surface area contributed by atoms with Gasteiger partial charge < -0.3 is 4.90 Å². The third kappa shape index (κ3) is 2.82. The summed E-state index contributed by atoms with van der Waals surface area (Å²) in [6, 6.07) is 0.147. The standard InChI is InChI=1S/C11H19NO2/c1-8(2)6-10-7-11(14)4-5-12(10)9(3)13/h8,10H,4-7H2,1-3H3. The summed E-state index contributed by atoms with van der Waals surface area (Å²) in [6.07, 6.45) is 2.03. The van der Waals surface area contributed by atoms with Crippen LogP contribution in [0.25, 0.3) is 0 Å². The van der Waals surface area contributed by atoms with Gasteiger partial charge in [0.2, 0.25) is 5.91 Å². The molecule has 0 saturated carbocycles. The Morgan fingerprint density at radius 3 is 2.71 bits per heavy atom. The fraction of sp³-hybridized carbons (Fsp3) is 0.818. The number of Topliss-reactive ketones (excluding diaryl/α,β-unsaturated/α-hetero) is 1. The molecule has 1 aliphatic rings. The van der Waals surface area contributed by atoms with Crippen molar-refractivity contribution in [1.82, 2.24) is 4.90 Å². The Balaban J connectivity index is 2.63. The molecule has 3 heteroatoms. The zero-order valence-electron chi connectivity index (χ0n) is 9.25. The molecule has 0 bridgehead atoms. The van der Waals surface area contributed by atoms with Crippen LogP contribution in [-0.4, -0.2) is 29.2 Å². The van der Waals surface area contributed by atoms with Crippen LogP contribution in [0.5, 0.6) is 0 Å². The van der Waals surface area contributed by atoms with Gasteiger partial charge in [0.05, 0.1) is 0 Å². The minimum absolute atomic E-state index is 0.100. The highest BCUT2D eigenvalue weighted by molar-refractivity contribution is 5.83. The molecule has 1 heterocycles. The molecule has 0 spiro atoms. The van der Waals surface area contributed by atoms with Crippen LogP contribution in [0.4, 0.5) is 0 Å². The molecule has 0 aliphatic carbocycles. The highest BCUT2D eigenvalue weighted by Gasteiger charge is 2.28. The Labute approximate surface area is 85.5 Å². The van der Waals surface area contributed by atoms with Gasteiger partial charge >= 0.3 is 0 Å². The van der Waals surface area contributed by atoms with E-state index in [1.165, 1.54) is 0 Å². The van der Waals surface area contributed by atoms with Crippen LogP contribution in [0.15, 0.2) is 0 Å². The van der Waals surface area contributed by atoms with Crippen molar-refractivity contribution >= 4 is 11.7 Å². The predicted molar refractivity (Wildman–Crippen MR) is 54.9 cm³/mol. The molecule has 1 unspecified atom stereocenters. The molecule has 1 rings (SSSR count). The van der Waals surface area contributed by atoms with Crippen molar-refractivity contribution in [2.24, 2.45) is 5.92 Å². The van der Waals surface area contributed by atoms with E-state index in [4.69, 9.17) is 0 Å². The number of piperidine rings is 1. The van der Waals surface area contributed by atoms with Crippen molar-refractivity contribution in [3.8, 4) is 0 Å². The van der Waals surface area contributed by atoms with E-state index in [-0.39, 0.29) is 11.9 Å². The van der Waals surface area contributed by atoms with Gasteiger partial charge in [0.25, 0.3) is 0 Å². The van der Waals surface area contributed by atoms with Crippen molar-refractivity contribution in [2.75, 3.05) is 6.54 Å². The number of carbonyl (C=O) groups is 2. The second kappa shape index (κ2) is 4.58. The number of hydrogen-bond donors (Lipinski definition) is 0. The fourth-order valence-electron chi connectivity index (χ4n) is 2.07. The number of nitrogens with zero attached hydrogens (tertiary/aromatic N) is 1. The Hall–Kier alpha value is -0.860. The molecular formula is C11H19NO2. The number of ketones is 1. The summed E-state index contributed by atoms with van der Waals surface area (Å²) in [4.78, 5) is 24.4. The molecule has 0 N–H and O–H groups in total. The lowest BCUT2D eigenvalue weighted by molar-refractivity contribution is -0.136. The molecule has 0 aromatic rings. The topological polar surface area (TPSA) is 37.4 Å². The first-order chi connectivity index (χ1) is 6.50. The maximum absolute atomic E-state index is 11.3. The van der Waals surface area contributed by atoms with E-state index in [0.29, 0.717) is 31.1 Å². The average molecular weight is 197 g/mol. The van der Waals surface area contributed by atoms with Gasteiger partial charge in [0.15, 0.2) is 0 Å². The molecule has 1 saturated heterocycles. The molecule has 0 aromatic heterocycles. The first kappa shape index (κ1) is 11.2. The number of rotatable bonds is 2. The zero-order chi connectivity index (χ0) is 10.7. The van der Waals surface area contributed by atoms with Crippen LogP contribution >= 0.6 is 0 Å². The molecule has 3 nitrogen and oxygen atoms in total. The van der Waals surface area contributed by atoms with E-state index in [0.717, 1.165) is 6.42 Å². The van der Waals surface area contributed by atoms with E-state index < -0.39 is 0 Å². The molecule has 14 heavy (non-hydrogen) atoms. The van der Waals surface area contributed by atoms with Crippen molar-refractivity contribution in [2.45, 2.75) is 46.1 Å². The monoisotopic (exact) mass is 197 g/mol. The van der Waals surface area contributed by atoms with E-state index >= 15 is 0 Å². The van der Waals surface area contributed by atoms with Crippen LogP contribution < -0.4 is 0 Å². The molecule has 1 amide bonds. The van der Waals surface area contributed by atoms with Gasteiger partial charge in [0.1, 0.15) is 5.78 Å². The van der Waals surface area contributed by atoms with E-state index in [1.54, 1.807) is 6.92 Å². The second-order valence-corrected chi connectivity index (χ2v) is 4.49.